The van der Waals surface area contributed by atoms with Crippen molar-refractivity contribution in [2.45, 2.75) is 30.2 Å². The lowest BCUT2D eigenvalue weighted by Gasteiger charge is -2.37. The molecule has 1 aliphatic heterocycles. The second-order valence-electron chi connectivity index (χ2n) is 9.31. The van der Waals surface area contributed by atoms with Crippen molar-refractivity contribution in [3.05, 3.63) is 75.4 Å². The van der Waals surface area contributed by atoms with Gasteiger partial charge in [-0.25, -0.2) is 8.42 Å². The fourth-order valence-corrected chi connectivity index (χ4v) is 7.13. The third kappa shape index (κ3) is 5.80. The van der Waals surface area contributed by atoms with Crippen molar-refractivity contribution in [1.82, 2.24) is 9.21 Å². The number of methoxy groups -OCH3 is 1. The van der Waals surface area contributed by atoms with Crippen LogP contribution in [-0.2, 0) is 21.2 Å². The number of hydrogen-bond donors (Lipinski definition) is 0. The number of hydrogen-bond acceptors (Lipinski definition) is 6. The minimum absolute atomic E-state index is 0.139. The highest BCUT2D eigenvalue weighted by Gasteiger charge is 2.37. The van der Waals surface area contributed by atoms with Crippen LogP contribution in [0.15, 0.2) is 64.9 Å². The summed E-state index contributed by atoms with van der Waals surface area (Å²) in [4.78, 5) is 16.9. The molecule has 5 rings (SSSR count). The molecule has 0 bridgehead atoms. The summed E-state index contributed by atoms with van der Waals surface area (Å²) in [5.74, 6) is 1.26. The second-order valence-corrected chi connectivity index (χ2v) is 12.7. The van der Waals surface area contributed by atoms with E-state index in [1.807, 2.05) is 35.7 Å². The van der Waals surface area contributed by atoms with E-state index in [4.69, 9.17) is 21.1 Å². The number of fused-ring (bicyclic) bond motifs is 1. The van der Waals surface area contributed by atoms with Gasteiger partial charge in [-0.1, -0.05) is 23.7 Å². The molecule has 1 aromatic heterocycles. The zero-order valence-corrected chi connectivity index (χ0v) is 22.9. The maximum absolute atomic E-state index is 13.7. The molecule has 1 atom stereocenters. The molecule has 0 saturated heterocycles. The Morgan fingerprint density at radius 3 is 2.54 bits per heavy atom. The molecule has 1 saturated carbocycles. The topological polar surface area (TPSA) is 76.2 Å². The van der Waals surface area contributed by atoms with Crippen molar-refractivity contribution in [2.24, 2.45) is 5.92 Å². The molecule has 0 unspecified atom stereocenters. The summed E-state index contributed by atoms with van der Waals surface area (Å²) in [7, 11) is -2.27. The SMILES string of the molecule is COc1ccccc1OC[C@H]1c2ccsc2CCN1C(=O)CN(CC1CC1)S(=O)(=O)c1ccc(Cl)cc1. The quantitative estimate of drug-likeness (QED) is 0.348. The summed E-state index contributed by atoms with van der Waals surface area (Å²) in [5.41, 5.74) is 1.05. The molecule has 1 aliphatic carbocycles. The molecule has 7 nitrogen and oxygen atoms in total. The third-order valence-corrected chi connectivity index (χ3v) is 9.88. The molecule has 0 N–H and O–H groups in total. The van der Waals surface area contributed by atoms with Crippen molar-refractivity contribution in [2.75, 3.05) is 33.4 Å². The average molecular weight is 561 g/mol. The first-order valence-corrected chi connectivity index (χ1v) is 14.9. The number of ether oxygens (including phenoxy) is 2. The van der Waals surface area contributed by atoms with Crippen LogP contribution >= 0.6 is 22.9 Å². The number of carbonyl (C=O) groups excluding carboxylic acids is 1. The van der Waals surface area contributed by atoms with E-state index >= 15 is 0 Å². The second kappa shape index (κ2) is 11.0. The van der Waals surface area contributed by atoms with Gasteiger partial charge >= 0.3 is 0 Å². The fraction of sp³-hybridized carbons (Fsp3) is 0.370. The van der Waals surface area contributed by atoms with Gasteiger partial charge in [0.1, 0.15) is 6.61 Å². The first-order chi connectivity index (χ1) is 17.9. The molecule has 196 valence electrons. The maximum Gasteiger partial charge on any atom is 0.243 e. The van der Waals surface area contributed by atoms with Crippen molar-refractivity contribution in [1.29, 1.82) is 0 Å². The van der Waals surface area contributed by atoms with Gasteiger partial charge in [0.25, 0.3) is 0 Å². The number of benzene rings is 2. The molecule has 37 heavy (non-hydrogen) atoms. The van der Waals surface area contributed by atoms with Gasteiger partial charge < -0.3 is 14.4 Å². The van der Waals surface area contributed by atoms with E-state index in [0.29, 0.717) is 29.6 Å². The van der Waals surface area contributed by atoms with Crippen LogP contribution in [0.5, 0.6) is 11.5 Å². The van der Waals surface area contributed by atoms with Gasteiger partial charge in [-0.15, -0.1) is 11.3 Å². The van der Waals surface area contributed by atoms with E-state index in [2.05, 4.69) is 0 Å². The number of halogens is 1. The summed E-state index contributed by atoms with van der Waals surface area (Å²) in [5, 5.41) is 2.49. The number of para-hydroxylation sites is 2. The minimum Gasteiger partial charge on any atom is -0.493 e. The Hall–Kier alpha value is -2.59. The van der Waals surface area contributed by atoms with Crippen LogP contribution in [0, 0.1) is 5.92 Å². The Bertz CT molecular complexity index is 1360. The fourth-order valence-electron chi connectivity index (χ4n) is 4.61. The van der Waals surface area contributed by atoms with Crippen molar-refractivity contribution in [3.8, 4) is 11.5 Å². The Balaban J connectivity index is 1.38. The van der Waals surface area contributed by atoms with E-state index in [9.17, 15) is 13.2 Å². The Labute approximate surface area is 226 Å². The Kier molecular flexibility index (Phi) is 7.76. The smallest absolute Gasteiger partial charge is 0.243 e. The monoisotopic (exact) mass is 560 g/mol. The molecule has 1 fully saturated rings. The van der Waals surface area contributed by atoms with Gasteiger partial charge in [0.15, 0.2) is 11.5 Å². The van der Waals surface area contributed by atoms with Crippen LogP contribution in [0.25, 0.3) is 0 Å². The van der Waals surface area contributed by atoms with E-state index in [1.165, 1.54) is 21.3 Å². The standard InChI is InChI=1S/C27H29ClN2O5S2/c1-34-24-4-2-3-5-25(24)35-18-23-22-13-15-36-26(22)12-14-30(23)27(31)17-29(16-19-6-7-19)37(32,33)21-10-8-20(28)9-11-21/h2-5,8-11,13,15,19,23H,6-7,12,14,16-18H2,1H3/t23-/m0/s1. The highest BCUT2D eigenvalue weighted by atomic mass is 35.5. The summed E-state index contributed by atoms with van der Waals surface area (Å²) in [6, 6.07) is 15.2. The Morgan fingerprint density at radius 1 is 1.11 bits per heavy atom. The molecular formula is C27H29ClN2O5S2. The van der Waals surface area contributed by atoms with Crippen molar-refractivity contribution < 1.29 is 22.7 Å². The average Bonchev–Trinajstić information content (AvgIpc) is 3.59. The van der Waals surface area contributed by atoms with Gasteiger partial charge in [0.05, 0.1) is 24.6 Å². The number of thiophene rings is 1. The molecule has 2 heterocycles. The number of carbonyl (C=O) groups is 1. The van der Waals surface area contributed by atoms with Gasteiger partial charge in [0.2, 0.25) is 15.9 Å². The highest BCUT2D eigenvalue weighted by Crippen LogP contribution is 2.36. The van der Waals surface area contributed by atoms with E-state index in [-0.39, 0.29) is 35.9 Å². The lowest BCUT2D eigenvalue weighted by atomic mass is 10.0. The van der Waals surface area contributed by atoms with E-state index in [0.717, 1.165) is 24.8 Å². The van der Waals surface area contributed by atoms with E-state index in [1.54, 1.807) is 35.5 Å². The van der Waals surface area contributed by atoms with Gasteiger partial charge in [0, 0.05) is 23.0 Å². The first-order valence-electron chi connectivity index (χ1n) is 12.2. The lowest BCUT2D eigenvalue weighted by Crippen LogP contribution is -2.48. The van der Waals surface area contributed by atoms with Gasteiger partial charge in [-0.05, 0) is 78.6 Å². The number of amides is 1. The zero-order valence-electron chi connectivity index (χ0n) is 20.5. The van der Waals surface area contributed by atoms with Crippen LogP contribution in [0.4, 0.5) is 0 Å². The molecule has 0 radical (unpaired) electrons. The predicted octanol–water partition coefficient (Wildman–Crippen LogP) is 5.02. The highest BCUT2D eigenvalue weighted by molar-refractivity contribution is 7.89. The Morgan fingerprint density at radius 2 is 1.84 bits per heavy atom. The largest absolute Gasteiger partial charge is 0.493 e. The predicted molar refractivity (Wildman–Crippen MR) is 144 cm³/mol. The number of nitrogens with zero attached hydrogens (tertiary/aromatic N) is 2. The van der Waals surface area contributed by atoms with Crippen molar-refractivity contribution >= 4 is 38.9 Å². The summed E-state index contributed by atoms with van der Waals surface area (Å²) < 4.78 is 39.9. The lowest BCUT2D eigenvalue weighted by molar-refractivity contribution is -0.135. The van der Waals surface area contributed by atoms with Crippen LogP contribution < -0.4 is 9.47 Å². The van der Waals surface area contributed by atoms with Gasteiger partial charge in [-0.2, -0.15) is 4.31 Å². The van der Waals surface area contributed by atoms with Crippen LogP contribution in [-0.4, -0.2) is 56.9 Å². The molecule has 1 amide bonds. The normalized spacial score (nSPS) is 17.5. The zero-order chi connectivity index (χ0) is 26.0. The van der Waals surface area contributed by atoms with E-state index < -0.39 is 10.0 Å². The first kappa shape index (κ1) is 26.0. The minimum atomic E-state index is -3.86. The number of rotatable bonds is 10. The van der Waals surface area contributed by atoms with Gasteiger partial charge in [-0.3, -0.25) is 4.79 Å². The summed E-state index contributed by atoms with van der Waals surface area (Å²) in [6.45, 7) is 0.857. The van der Waals surface area contributed by atoms with Crippen LogP contribution in [0.1, 0.15) is 29.3 Å². The summed E-state index contributed by atoms with van der Waals surface area (Å²) >= 11 is 7.64. The molecule has 2 aromatic carbocycles. The molecular weight excluding hydrogens is 532 g/mol. The maximum atomic E-state index is 13.7. The van der Waals surface area contributed by atoms with Crippen LogP contribution in [0.3, 0.4) is 0 Å². The number of sulfonamides is 1. The molecule has 0 spiro atoms. The molecule has 3 aromatic rings. The van der Waals surface area contributed by atoms with Crippen molar-refractivity contribution in [3.63, 3.8) is 0 Å². The van der Waals surface area contributed by atoms with Crippen LogP contribution in [0.2, 0.25) is 5.02 Å². The third-order valence-electron chi connectivity index (χ3n) is 6.80. The molecule has 2 aliphatic rings. The summed E-state index contributed by atoms with van der Waals surface area (Å²) in [6.07, 6.45) is 2.67. The molecule has 10 heteroatoms.